The van der Waals surface area contributed by atoms with Crippen LogP contribution in [0, 0.1) is 0 Å². The molecule has 0 bridgehead atoms. The Balaban J connectivity index is 1.88. The van der Waals surface area contributed by atoms with Gasteiger partial charge in [0.1, 0.15) is 0 Å². The number of hydrogen-bond acceptors (Lipinski definition) is 4. The molecule has 1 amide bonds. The molecule has 0 saturated heterocycles. The largest absolute Gasteiger partial charge is 0.383 e. The van der Waals surface area contributed by atoms with Crippen molar-refractivity contribution in [2.75, 3.05) is 25.6 Å². The van der Waals surface area contributed by atoms with Crippen molar-refractivity contribution in [2.24, 2.45) is 0 Å². The smallest absolute Gasteiger partial charge is 0.276 e. The van der Waals surface area contributed by atoms with Crippen LogP contribution in [0.25, 0.3) is 0 Å². The number of nitrogens with one attached hydrogen (secondary N) is 2. The van der Waals surface area contributed by atoms with Gasteiger partial charge in [-0.1, -0.05) is 25.1 Å². The zero-order valence-electron chi connectivity index (χ0n) is 14.3. The number of amides is 1. The van der Waals surface area contributed by atoms with Crippen molar-refractivity contribution in [3.63, 3.8) is 0 Å². The molecular weight excluding hydrogens is 304 g/mol. The number of benzene rings is 1. The van der Waals surface area contributed by atoms with Crippen LogP contribution in [0.15, 0.2) is 24.3 Å². The molecule has 0 unspecified atom stereocenters. The lowest BCUT2D eigenvalue weighted by molar-refractivity contribution is 0.101. The fourth-order valence-electron chi connectivity index (χ4n) is 3.10. The van der Waals surface area contributed by atoms with Gasteiger partial charge in [-0.25, -0.2) is 0 Å². The zero-order chi connectivity index (χ0) is 16.9. The van der Waals surface area contributed by atoms with Crippen LogP contribution < -0.4 is 10.6 Å². The van der Waals surface area contributed by atoms with Crippen molar-refractivity contribution >= 4 is 11.6 Å². The second-order valence-electron chi connectivity index (χ2n) is 5.88. The van der Waals surface area contributed by atoms with Gasteiger partial charge in [-0.15, -0.1) is 0 Å². The summed E-state index contributed by atoms with van der Waals surface area (Å²) in [6.45, 7) is 4.92. The molecule has 0 aliphatic carbocycles. The Kier molecular flexibility index (Phi) is 5.27. The summed E-state index contributed by atoms with van der Waals surface area (Å²) >= 11 is 0. The third-order valence-electron chi connectivity index (χ3n) is 4.38. The molecule has 6 heteroatoms. The third kappa shape index (κ3) is 3.34. The van der Waals surface area contributed by atoms with E-state index in [9.17, 15) is 4.79 Å². The summed E-state index contributed by atoms with van der Waals surface area (Å²) in [5, 5.41) is 10.9. The van der Waals surface area contributed by atoms with Crippen molar-refractivity contribution < 1.29 is 9.53 Å². The molecule has 0 radical (unpaired) electrons. The molecule has 3 rings (SSSR count). The highest BCUT2D eigenvalue weighted by molar-refractivity contribution is 6.04. The average Bonchev–Trinajstić information content (AvgIpc) is 2.99. The fraction of sp³-hybridized carbons (Fsp3) is 0.444. The second-order valence-corrected chi connectivity index (χ2v) is 5.88. The Hall–Kier alpha value is -2.18. The van der Waals surface area contributed by atoms with Crippen molar-refractivity contribution in [2.45, 2.75) is 32.9 Å². The van der Waals surface area contributed by atoms with Gasteiger partial charge < -0.3 is 15.4 Å². The second kappa shape index (κ2) is 7.59. The summed E-state index contributed by atoms with van der Waals surface area (Å²) in [6.07, 6.45) is 1.75. The number of carbonyl (C=O) groups excluding carboxylic acids is 1. The van der Waals surface area contributed by atoms with Crippen LogP contribution in [-0.2, 0) is 30.7 Å². The van der Waals surface area contributed by atoms with Crippen molar-refractivity contribution in [3.05, 3.63) is 46.8 Å². The van der Waals surface area contributed by atoms with Gasteiger partial charge in [0.05, 0.1) is 13.2 Å². The minimum Gasteiger partial charge on any atom is -0.383 e. The molecule has 2 heterocycles. The average molecular weight is 328 g/mol. The van der Waals surface area contributed by atoms with E-state index in [-0.39, 0.29) is 5.91 Å². The van der Waals surface area contributed by atoms with Crippen molar-refractivity contribution in [1.82, 2.24) is 15.1 Å². The maximum absolute atomic E-state index is 12.8. The summed E-state index contributed by atoms with van der Waals surface area (Å²) in [5.41, 5.74) is 4.63. The molecular formula is C18H24N4O2. The maximum atomic E-state index is 12.8. The van der Waals surface area contributed by atoms with E-state index in [4.69, 9.17) is 4.74 Å². The van der Waals surface area contributed by atoms with Crippen LogP contribution in [0.3, 0.4) is 0 Å². The quantitative estimate of drug-likeness (QED) is 0.851. The summed E-state index contributed by atoms with van der Waals surface area (Å²) in [5.74, 6) is -0.146. The first-order chi connectivity index (χ1) is 11.7. The molecule has 2 N–H and O–H groups in total. The number of carbonyl (C=O) groups is 1. The first-order valence-electron chi connectivity index (χ1n) is 8.42. The molecule has 0 spiro atoms. The number of hydrogen-bond donors (Lipinski definition) is 2. The predicted octanol–water partition coefficient (Wildman–Crippen LogP) is 1.99. The summed E-state index contributed by atoms with van der Waals surface area (Å²) in [7, 11) is 1.67. The Morgan fingerprint density at radius 3 is 3.04 bits per heavy atom. The Bertz CT molecular complexity index is 724. The highest BCUT2D eigenvalue weighted by atomic mass is 16.5. The normalized spacial score (nSPS) is 13.6. The van der Waals surface area contributed by atoms with E-state index in [1.165, 1.54) is 0 Å². The van der Waals surface area contributed by atoms with E-state index in [2.05, 4.69) is 22.7 Å². The van der Waals surface area contributed by atoms with Gasteiger partial charge in [-0.2, -0.15) is 5.10 Å². The van der Waals surface area contributed by atoms with Crippen LogP contribution in [0.4, 0.5) is 5.69 Å². The number of ether oxygens (including phenoxy) is 1. The number of aromatic nitrogens is 2. The number of rotatable bonds is 6. The highest BCUT2D eigenvalue weighted by Crippen LogP contribution is 2.21. The molecule has 1 aliphatic heterocycles. The van der Waals surface area contributed by atoms with Gasteiger partial charge in [0, 0.05) is 43.6 Å². The van der Waals surface area contributed by atoms with Gasteiger partial charge in [0.25, 0.3) is 5.91 Å². The predicted molar refractivity (Wildman–Crippen MR) is 93.3 cm³/mol. The lowest BCUT2D eigenvalue weighted by Gasteiger charge is -2.15. The number of aryl methyl sites for hydroxylation is 1. The topological polar surface area (TPSA) is 68.2 Å². The molecule has 128 valence electrons. The van der Waals surface area contributed by atoms with E-state index >= 15 is 0 Å². The molecule has 1 aliphatic rings. The van der Waals surface area contributed by atoms with E-state index in [1.807, 2.05) is 28.9 Å². The fourth-order valence-corrected chi connectivity index (χ4v) is 3.10. The minimum atomic E-state index is -0.146. The molecule has 2 aromatic rings. The molecule has 0 saturated carbocycles. The van der Waals surface area contributed by atoms with Crippen LogP contribution in [0.5, 0.6) is 0 Å². The zero-order valence-corrected chi connectivity index (χ0v) is 14.3. The van der Waals surface area contributed by atoms with E-state index in [0.29, 0.717) is 25.4 Å². The summed E-state index contributed by atoms with van der Waals surface area (Å²) in [6, 6.07) is 7.88. The minimum absolute atomic E-state index is 0.146. The first-order valence-corrected chi connectivity index (χ1v) is 8.42. The maximum Gasteiger partial charge on any atom is 0.276 e. The first kappa shape index (κ1) is 16.7. The van der Waals surface area contributed by atoms with Crippen LogP contribution in [-0.4, -0.2) is 35.9 Å². The van der Waals surface area contributed by atoms with Crippen LogP contribution in [0.2, 0.25) is 0 Å². The van der Waals surface area contributed by atoms with E-state index < -0.39 is 0 Å². The molecule has 6 nitrogen and oxygen atoms in total. The van der Waals surface area contributed by atoms with Gasteiger partial charge in [-0.3, -0.25) is 9.48 Å². The Morgan fingerprint density at radius 1 is 1.42 bits per heavy atom. The molecule has 0 fully saturated rings. The molecule has 1 aromatic carbocycles. The Labute approximate surface area is 142 Å². The standard InChI is InChI=1S/C18H24N4O2/c1-3-13-6-4-5-7-15(13)20-18(23)17-14-12-19-9-8-16(14)22(21-17)10-11-24-2/h4-7,19H,3,8-12H2,1-2H3,(H,20,23). The van der Waals surface area contributed by atoms with Crippen molar-refractivity contribution in [1.29, 1.82) is 0 Å². The van der Waals surface area contributed by atoms with Crippen molar-refractivity contribution in [3.8, 4) is 0 Å². The molecule has 0 atom stereocenters. The van der Waals surface area contributed by atoms with Gasteiger partial charge in [0.2, 0.25) is 0 Å². The number of nitrogens with zero attached hydrogens (tertiary/aromatic N) is 2. The number of fused-ring (bicyclic) bond motifs is 1. The van der Waals surface area contributed by atoms with Gasteiger partial charge in [0.15, 0.2) is 5.69 Å². The SMILES string of the molecule is CCc1ccccc1NC(=O)c1nn(CCOC)c2c1CNCC2. The monoisotopic (exact) mass is 328 g/mol. The third-order valence-corrected chi connectivity index (χ3v) is 4.38. The van der Waals surface area contributed by atoms with Crippen LogP contribution in [0.1, 0.15) is 34.2 Å². The van der Waals surface area contributed by atoms with Crippen LogP contribution >= 0.6 is 0 Å². The summed E-state index contributed by atoms with van der Waals surface area (Å²) < 4.78 is 7.07. The Morgan fingerprint density at radius 2 is 2.25 bits per heavy atom. The lowest BCUT2D eigenvalue weighted by atomic mass is 10.1. The number of methoxy groups -OCH3 is 1. The molecule has 1 aromatic heterocycles. The van der Waals surface area contributed by atoms with E-state index in [1.54, 1.807) is 7.11 Å². The number of anilines is 1. The lowest BCUT2D eigenvalue weighted by Crippen LogP contribution is -2.26. The molecule has 24 heavy (non-hydrogen) atoms. The number of para-hydroxylation sites is 1. The van der Waals surface area contributed by atoms with Gasteiger partial charge >= 0.3 is 0 Å². The highest BCUT2D eigenvalue weighted by Gasteiger charge is 2.25. The van der Waals surface area contributed by atoms with Gasteiger partial charge in [-0.05, 0) is 18.1 Å². The van der Waals surface area contributed by atoms with E-state index in [0.717, 1.165) is 41.9 Å². The summed E-state index contributed by atoms with van der Waals surface area (Å²) in [4.78, 5) is 12.8.